The van der Waals surface area contributed by atoms with E-state index in [4.69, 9.17) is 19.9 Å². The summed E-state index contributed by atoms with van der Waals surface area (Å²) in [4.78, 5) is 16.0. The fourth-order valence-corrected chi connectivity index (χ4v) is 3.69. The molecule has 1 aromatic heterocycles. The second-order valence-corrected chi connectivity index (χ2v) is 9.20. The molecule has 0 aliphatic carbocycles. The number of nitrogens with two attached hydrogens (primary N) is 1. The van der Waals surface area contributed by atoms with Crippen molar-refractivity contribution in [1.82, 2.24) is 4.57 Å². The van der Waals surface area contributed by atoms with Gasteiger partial charge in [0.25, 0.3) is 5.91 Å². The minimum Gasteiger partial charge on any atom is -0.486 e. The SMILES string of the molecule is C=CN=C(Nc1ccc(F)cc1OC1CCOC1)c1c(C)c(C(N)=O)cn1C.CCC.COCCSC. The van der Waals surface area contributed by atoms with E-state index in [1.54, 1.807) is 49.7 Å². The Bertz CT molecular complexity index is 1020. The van der Waals surface area contributed by atoms with Crippen molar-refractivity contribution in [3.8, 4) is 5.75 Å². The van der Waals surface area contributed by atoms with Crippen molar-refractivity contribution in [2.75, 3.05) is 44.3 Å². The summed E-state index contributed by atoms with van der Waals surface area (Å²) in [6, 6.07) is 4.23. The van der Waals surface area contributed by atoms with Crippen LogP contribution in [0.25, 0.3) is 0 Å². The highest BCUT2D eigenvalue weighted by atomic mass is 32.2. The molecule has 3 N–H and O–H groups in total. The molecule has 0 radical (unpaired) electrons. The lowest BCUT2D eigenvalue weighted by Gasteiger charge is -2.18. The number of carbonyl (C=O) groups is 1. The Labute approximate surface area is 224 Å². The molecule has 10 heteroatoms. The molecule has 1 amide bonds. The Morgan fingerprint density at radius 3 is 2.62 bits per heavy atom. The number of aliphatic imine (C=N–C) groups is 1. The van der Waals surface area contributed by atoms with Crippen LogP contribution in [0, 0.1) is 12.7 Å². The van der Waals surface area contributed by atoms with E-state index < -0.39 is 11.7 Å². The minimum atomic E-state index is -0.524. The van der Waals surface area contributed by atoms with Crippen LogP contribution in [-0.2, 0) is 16.5 Å². The maximum absolute atomic E-state index is 13.8. The molecule has 0 bridgehead atoms. The molecule has 1 aromatic carbocycles. The number of amidine groups is 1. The molecule has 3 rings (SSSR count). The van der Waals surface area contributed by atoms with Crippen LogP contribution in [-0.4, -0.2) is 61.4 Å². The van der Waals surface area contributed by atoms with Gasteiger partial charge in [0.05, 0.1) is 36.8 Å². The monoisotopic (exact) mass is 536 g/mol. The highest BCUT2D eigenvalue weighted by Crippen LogP contribution is 2.29. The van der Waals surface area contributed by atoms with Crippen molar-refractivity contribution < 1.29 is 23.4 Å². The number of primary amides is 1. The molecule has 1 fully saturated rings. The van der Waals surface area contributed by atoms with Crippen LogP contribution in [0.5, 0.6) is 5.75 Å². The summed E-state index contributed by atoms with van der Waals surface area (Å²) in [6.45, 7) is 11.6. The van der Waals surface area contributed by atoms with E-state index >= 15 is 0 Å². The third-order valence-corrected chi connectivity index (χ3v) is 5.59. The number of amides is 1. The van der Waals surface area contributed by atoms with Gasteiger partial charge in [-0.2, -0.15) is 11.8 Å². The number of thioether (sulfide) groups is 1. The lowest BCUT2D eigenvalue weighted by atomic mass is 10.1. The standard InChI is InChI=1S/C20H23FN4O3.C4H10OS.C3H8/c1-4-23-20(18-12(2)15(19(22)26)10-25(18)3)24-16-6-5-13(21)9-17(16)28-14-7-8-27-11-14;1-5-3-4-6-2;1-3-2/h4-6,9-10,14H,1,7-8,11H2,2-3H3,(H2,22,26)(H,23,24);3-4H2,1-2H3;3H2,1-2H3. The summed E-state index contributed by atoms with van der Waals surface area (Å²) >= 11 is 1.80. The van der Waals surface area contributed by atoms with Crippen molar-refractivity contribution in [3.63, 3.8) is 0 Å². The van der Waals surface area contributed by atoms with Gasteiger partial charge in [0.1, 0.15) is 17.7 Å². The topological polar surface area (TPSA) is 100 Å². The molecule has 1 saturated heterocycles. The van der Waals surface area contributed by atoms with Gasteiger partial charge in [0.2, 0.25) is 0 Å². The van der Waals surface area contributed by atoms with Gasteiger partial charge < -0.3 is 29.8 Å². The van der Waals surface area contributed by atoms with Crippen molar-refractivity contribution >= 4 is 29.2 Å². The summed E-state index contributed by atoms with van der Waals surface area (Å²) in [6.07, 6.45) is 6.95. The van der Waals surface area contributed by atoms with Crippen molar-refractivity contribution in [2.24, 2.45) is 17.8 Å². The number of hydrogen-bond acceptors (Lipinski definition) is 6. The van der Waals surface area contributed by atoms with Crippen LogP contribution in [0.3, 0.4) is 0 Å². The maximum atomic E-state index is 13.8. The predicted molar refractivity (Wildman–Crippen MR) is 151 cm³/mol. The molecule has 1 atom stereocenters. The molecule has 8 nitrogen and oxygen atoms in total. The molecular formula is C27H41FN4O4S. The second kappa shape index (κ2) is 17.6. The fourth-order valence-electron chi connectivity index (χ4n) is 3.36. The van der Waals surface area contributed by atoms with Gasteiger partial charge >= 0.3 is 0 Å². The normalized spacial score (nSPS) is 14.7. The molecule has 37 heavy (non-hydrogen) atoms. The number of methoxy groups -OCH3 is 1. The molecule has 1 aliphatic rings. The van der Waals surface area contributed by atoms with Crippen LogP contribution in [0.2, 0.25) is 0 Å². The van der Waals surface area contributed by atoms with Crippen molar-refractivity contribution in [1.29, 1.82) is 0 Å². The molecule has 0 saturated carbocycles. The zero-order chi connectivity index (χ0) is 27.8. The van der Waals surface area contributed by atoms with Crippen molar-refractivity contribution in [2.45, 2.75) is 39.7 Å². The zero-order valence-corrected chi connectivity index (χ0v) is 23.6. The van der Waals surface area contributed by atoms with Gasteiger partial charge in [-0.3, -0.25) is 4.79 Å². The number of benzene rings is 1. The van der Waals surface area contributed by atoms with Gasteiger partial charge in [-0.05, 0) is 30.9 Å². The third kappa shape index (κ3) is 10.6. The highest BCUT2D eigenvalue weighted by Gasteiger charge is 2.22. The molecule has 206 valence electrons. The lowest BCUT2D eigenvalue weighted by Crippen LogP contribution is -2.21. The maximum Gasteiger partial charge on any atom is 0.250 e. The van der Waals surface area contributed by atoms with Gasteiger partial charge in [0, 0.05) is 44.8 Å². The Morgan fingerprint density at radius 1 is 1.43 bits per heavy atom. The number of nitrogens with zero attached hydrogens (tertiary/aromatic N) is 2. The van der Waals surface area contributed by atoms with E-state index in [-0.39, 0.29) is 6.10 Å². The number of anilines is 1. The number of rotatable bonds is 9. The summed E-state index contributed by atoms with van der Waals surface area (Å²) in [5.74, 6) is 0.962. The number of ether oxygens (including phenoxy) is 3. The first kappa shape index (κ1) is 32.2. The zero-order valence-electron chi connectivity index (χ0n) is 22.8. The average molecular weight is 537 g/mol. The van der Waals surface area contributed by atoms with E-state index in [1.807, 2.05) is 0 Å². The Balaban J connectivity index is 0.000000657. The Kier molecular flexibility index (Phi) is 15.3. The van der Waals surface area contributed by atoms with E-state index in [0.717, 1.165) is 18.8 Å². The smallest absolute Gasteiger partial charge is 0.250 e. The summed E-state index contributed by atoms with van der Waals surface area (Å²) < 4.78 is 31.6. The second-order valence-electron chi connectivity index (χ2n) is 8.21. The molecule has 0 spiro atoms. The average Bonchev–Trinajstić information content (AvgIpc) is 3.47. The van der Waals surface area contributed by atoms with Crippen LogP contribution >= 0.6 is 11.8 Å². The first-order chi connectivity index (χ1) is 17.7. The quantitative estimate of drug-likeness (QED) is 0.261. The van der Waals surface area contributed by atoms with E-state index in [1.165, 1.54) is 24.8 Å². The van der Waals surface area contributed by atoms with Crippen molar-refractivity contribution in [3.05, 3.63) is 59.8 Å². The van der Waals surface area contributed by atoms with Gasteiger partial charge in [-0.15, -0.1) is 0 Å². The van der Waals surface area contributed by atoms with Crippen LogP contribution in [0.4, 0.5) is 10.1 Å². The molecular weight excluding hydrogens is 495 g/mol. The number of aryl methyl sites for hydroxylation is 1. The van der Waals surface area contributed by atoms with E-state index in [0.29, 0.717) is 47.3 Å². The minimum absolute atomic E-state index is 0.139. The van der Waals surface area contributed by atoms with Gasteiger partial charge in [-0.1, -0.05) is 26.8 Å². The Morgan fingerprint density at radius 2 is 2.14 bits per heavy atom. The summed E-state index contributed by atoms with van der Waals surface area (Å²) in [5.41, 5.74) is 7.72. The van der Waals surface area contributed by atoms with E-state index in [9.17, 15) is 9.18 Å². The Hall–Kier alpha value is -2.82. The third-order valence-electron chi connectivity index (χ3n) is 5.01. The van der Waals surface area contributed by atoms with E-state index in [2.05, 4.69) is 37.0 Å². The van der Waals surface area contributed by atoms with Crippen LogP contribution in [0.1, 0.15) is 48.3 Å². The lowest BCUT2D eigenvalue weighted by molar-refractivity contribution is 0.0999. The summed E-state index contributed by atoms with van der Waals surface area (Å²) in [7, 11) is 3.50. The van der Waals surface area contributed by atoms with Crippen LogP contribution < -0.4 is 15.8 Å². The molecule has 1 aliphatic heterocycles. The summed E-state index contributed by atoms with van der Waals surface area (Å²) in [5, 5.41) is 3.17. The number of halogens is 1. The first-order valence-corrected chi connectivity index (χ1v) is 13.6. The number of nitrogens with one attached hydrogen (secondary N) is 1. The fraction of sp³-hybridized carbons (Fsp3) is 0.481. The van der Waals surface area contributed by atoms with Gasteiger partial charge in [-0.25, -0.2) is 9.38 Å². The molecule has 2 aromatic rings. The first-order valence-electron chi connectivity index (χ1n) is 12.2. The number of carbonyl (C=O) groups excluding carboxylic acids is 1. The highest BCUT2D eigenvalue weighted by molar-refractivity contribution is 7.98. The largest absolute Gasteiger partial charge is 0.486 e. The van der Waals surface area contributed by atoms with Gasteiger partial charge in [0.15, 0.2) is 5.84 Å². The number of hydrogen-bond donors (Lipinski definition) is 2. The number of aromatic nitrogens is 1. The molecule has 1 unspecified atom stereocenters. The predicted octanol–water partition coefficient (Wildman–Crippen LogP) is 5.15. The van der Waals surface area contributed by atoms with Crippen LogP contribution in [0.15, 0.2) is 42.2 Å². The molecule has 2 heterocycles.